The first kappa shape index (κ1) is 15.3. The Morgan fingerprint density at radius 1 is 1.33 bits per heavy atom. The fraction of sp³-hybridized carbons (Fsp3) is 0.500. The Hall–Kier alpha value is -0.640. The molecule has 1 N–H and O–H groups in total. The average Bonchev–Trinajstić information content (AvgIpc) is 3.10. The highest BCUT2D eigenvalue weighted by Crippen LogP contribution is 2.30. The third-order valence-electron chi connectivity index (χ3n) is 2.99. The monoisotopic (exact) mass is 358 g/mol. The van der Waals surface area contributed by atoms with E-state index >= 15 is 0 Å². The van der Waals surface area contributed by atoms with Crippen molar-refractivity contribution in [1.29, 1.82) is 0 Å². The third kappa shape index (κ3) is 3.97. The van der Waals surface area contributed by atoms with Crippen molar-refractivity contribution < 1.29 is 4.79 Å². The predicted molar refractivity (Wildman–Crippen MR) is 89.8 cm³/mol. The summed E-state index contributed by atoms with van der Waals surface area (Å²) in [7, 11) is 0. The van der Waals surface area contributed by atoms with Crippen molar-refractivity contribution in [3.8, 4) is 0 Å². The summed E-state index contributed by atoms with van der Waals surface area (Å²) in [5.41, 5.74) is 1.17. The summed E-state index contributed by atoms with van der Waals surface area (Å²) in [4.78, 5) is 22.1. The van der Waals surface area contributed by atoms with Crippen LogP contribution in [0.5, 0.6) is 0 Å². The number of nitrogens with one attached hydrogen (secondary N) is 1. The lowest BCUT2D eigenvalue weighted by Gasteiger charge is -2.06. The molecule has 2 aromatic heterocycles. The number of hydrogen-bond acceptors (Lipinski definition) is 8. The molecule has 3 rings (SSSR count). The van der Waals surface area contributed by atoms with E-state index in [0.717, 1.165) is 27.5 Å². The van der Waals surface area contributed by atoms with Crippen molar-refractivity contribution in [2.45, 2.75) is 35.2 Å². The zero-order chi connectivity index (χ0) is 14.7. The Bertz CT molecular complexity index is 615. The predicted octanol–water partition coefficient (Wildman–Crippen LogP) is 3.33. The molecule has 1 amide bonds. The first-order chi connectivity index (χ1) is 10.2. The van der Waals surface area contributed by atoms with Gasteiger partial charge in [-0.05, 0) is 43.5 Å². The van der Waals surface area contributed by atoms with E-state index in [9.17, 15) is 4.79 Å². The number of aryl methyl sites for hydroxylation is 2. The highest BCUT2D eigenvalue weighted by atomic mass is 32.2. The summed E-state index contributed by atoms with van der Waals surface area (Å²) in [5, 5.41) is 4.38. The minimum Gasteiger partial charge on any atom is -0.301 e. The van der Waals surface area contributed by atoms with E-state index in [1.54, 1.807) is 11.3 Å². The molecule has 0 saturated carbocycles. The van der Waals surface area contributed by atoms with E-state index in [1.165, 1.54) is 58.5 Å². The van der Waals surface area contributed by atoms with Crippen molar-refractivity contribution in [3.63, 3.8) is 0 Å². The van der Waals surface area contributed by atoms with Crippen molar-refractivity contribution >= 4 is 57.4 Å². The van der Waals surface area contributed by atoms with Crippen LogP contribution < -0.4 is 5.32 Å². The van der Waals surface area contributed by atoms with Crippen LogP contribution in [0, 0.1) is 0 Å². The van der Waals surface area contributed by atoms with Crippen LogP contribution in [-0.4, -0.2) is 32.3 Å². The van der Waals surface area contributed by atoms with Crippen LogP contribution in [0.25, 0.3) is 0 Å². The second-order valence-electron chi connectivity index (χ2n) is 4.48. The highest BCUT2D eigenvalue weighted by molar-refractivity contribution is 8.01. The lowest BCUT2D eigenvalue weighted by atomic mass is 10.0. The summed E-state index contributed by atoms with van der Waals surface area (Å²) < 4.78 is 5.00. The minimum absolute atomic E-state index is 0.0352. The Kier molecular flexibility index (Phi) is 5.15. The molecule has 9 heteroatoms. The molecule has 0 fully saturated rings. The fourth-order valence-electron chi connectivity index (χ4n) is 2.03. The Labute approximate surface area is 139 Å². The Balaban J connectivity index is 1.53. The van der Waals surface area contributed by atoms with Gasteiger partial charge in [0.1, 0.15) is 0 Å². The number of nitrogens with zero attached hydrogens (tertiary/aromatic N) is 3. The van der Waals surface area contributed by atoms with Gasteiger partial charge in [0.25, 0.3) is 0 Å². The minimum atomic E-state index is -0.0352. The molecule has 1 aliphatic carbocycles. The van der Waals surface area contributed by atoms with Crippen LogP contribution in [0.15, 0.2) is 9.50 Å². The Morgan fingerprint density at radius 2 is 2.19 bits per heavy atom. The summed E-state index contributed by atoms with van der Waals surface area (Å²) in [6.45, 7) is 0. The van der Waals surface area contributed by atoms with E-state index in [0.29, 0.717) is 5.75 Å². The molecule has 1 aliphatic rings. The van der Waals surface area contributed by atoms with Crippen LogP contribution in [0.2, 0.25) is 0 Å². The molecular weight excluding hydrogens is 344 g/mol. The smallest absolute Gasteiger partial charge is 0.236 e. The van der Waals surface area contributed by atoms with Crippen LogP contribution >= 0.6 is 46.4 Å². The molecule has 2 heterocycles. The van der Waals surface area contributed by atoms with Crippen molar-refractivity contribution in [2.75, 3.05) is 17.3 Å². The standard InChI is InChI=1S/C12H14N4OS4/c1-18-11-15-12(21-16-11)19-6-9(17)14-10-13-7-4-2-3-5-8(7)20-10/h2-6H2,1H3,(H,13,14,17). The van der Waals surface area contributed by atoms with Crippen LogP contribution in [-0.2, 0) is 17.6 Å². The molecule has 0 atom stereocenters. The van der Waals surface area contributed by atoms with Crippen molar-refractivity contribution in [2.24, 2.45) is 0 Å². The first-order valence-electron chi connectivity index (χ1n) is 6.53. The number of aromatic nitrogens is 3. The number of carbonyl (C=O) groups is 1. The Morgan fingerprint density at radius 3 is 2.95 bits per heavy atom. The van der Waals surface area contributed by atoms with Gasteiger partial charge < -0.3 is 5.32 Å². The number of rotatable bonds is 5. The van der Waals surface area contributed by atoms with Gasteiger partial charge in [0, 0.05) is 4.88 Å². The normalized spacial score (nSPS) is 14.0. The lowest BCUT2D eigenvalue weighted by Crippen LogP contribution is -2.13. The SMILES string of the molecule is CSc1nsc(SCC(=O)Nc2nc3c(s2)CCCC3)n1. The van der Waals surface area contributed by atoms with Gasteiger partial charge in [-0.2, -0.15) is 4.37 Å². The first-order valence-corrected chi connectivity index (χ1v) is 10.3. The van der Waals surface area contributed by atoms with E-state index in [4.69, 9.17) is 0 Å². The number of thioether (sulfide) groups is 2. The van der Waals surface area contributed by atoms with Crippen molar-refractivity contribution in [1.82, 2.24) is 14.3 Å². The third-order valence-corrected chi connectivity index (χ3v) is 6.56. The van der Waals surface area contributed by atoms with Crippen LogP contribution in [0.1, 0.15) is 23.4 Å². The topological polar surface area (TPSA) is 67.8 Å². The quantitative estimate of drug-likeness (QED) is 0.827. The number of hydrogen-bond donors (Lipinski definition) is 1. The average molecular weight is 359 g/mol. The molecule has 112 valence electrons. The van der Waals surface area contributed by atoms with E-state index in [2.05, 4.69) is 19.7 Å². The molecule has 5 nitrogen and oxygen atoms in total. The second kappa shape index (κ2) is 7.08. The maximum Gasteiger partial charge on any atom is 0.236 e. The molecule has 2 aromatic rings. The molecule has 0 aromatic carbocycles. The van der Waals surface area contributed by atoms with Gasteiger partial charge in [-0.15, -0.1) is 11.3 Å². The zero-order valence-corrected chi connectivity index (χ0v) is 14.7. The van der Waals surface area contributed by atoms with Crippen LogP contribution in [0.4, 0.5) is 5.13 Å². The second-order valence-corrected chi connectivity index (χ2v) is 8.31. The van der Waals surface area contributed by atoms with Crippen LogP contribution in [0.3, 0.4) is 0 Å². The molecule has 0 aliphatic heterocycles. The number of thiazole rings is 1. The molecule has 21 heavy (non-hydrogen) atoms. The van der Waals surface area contributed by atoms with Crippen molar-refractivity contribution in [3.05, 3.63) is 10.6 Å². The van der Waals surface area contributed by atoms with Gasteiger partial charge in [0.05, 0.1) is 11.4 Å². The molecule has 0 radical (unpaired) electrons. The summed E-state index contributed by atoms with van der Waals surface area (Å²) in [6, 6.07) is 0. The summed E-state index contributed by atoms with van der Waals surface area (Å²) in [5.74, 6) is 0.305. The van der Waals surface area contributed by atoms with Gasteiger partial charge in [-0.25, -0.2) is 9.97 Å². The van der Waals surface area contributed by atoms with Gasteiger partial charge in [-0.3, -0.25) is 4.79 Å². The van der Waals surface area contributed by atoms with Gasteiger partial charge in [0.15, 0.2) is 9.47 Å². The lowest BCUT2D eigenvalue weighted by molar-refractivity contribution is -0.113. The maximum absolute atomic E-state index is 12.0. The molecule has 0 unspecified atom stereocenters. The fourth-order valence-corrected chi connectivity index (χ4v) is 5.10. The zero-order valence-electron chi connectivity index (χ0n) is 11.4. The number of anilines is 1. The van der Waals surface area contributed by atoms with Gasteiger partial charge >= 0.3 is 0 Å². The summed E-state index contributed by atoms with van der Waals surface area (Å²) >= 11 is 5.87. The molecular formula is C12H14N4OS4. The summed E-state index contributed by atoms with van der Waals surface area (Å²) in [6.07, 6.45) is 6.51. The van der Waals surface area contributed by atoms with E-state index in [-0.39, 0.29) is 5.91 Å². The van der Waals surface area contributed by atoms with E-state index < -0.39 is 0 Å². The number of amides is 1. The van der Waals surface area contributed by atoms with Gasteiger partial charge in [-0.1, -0.05) is 23.5 Å². The molecule has 0 bridgehead atoms. The maximum atomic E-state index is 12.0. The largest absolute Gasteiger partial charge is 0.301 e. The molecule has 0 saturated heterocycles. The highest BCUT2D eigenvalue weighted by Gasteiger charge is 2.16. The number of fused-ring (bicyclic) bond motifs is 1. The molecule has 0 spiro atoms. The van der Waals surface area contributed by atoms with E-state index in [1.807, 2.05) is 6.26 Å². The number of carbonyl (C=O) groups excluding carboxylic acids is 1. The van der Waals surface area contributed by atoms with Gasteiger partial charge in [0.2, 0.25) is 11.1 Å².